The zero-order chi connectivity index (χ0) is 17.0. The molecule has 0 radical (unpaired) electrons. The second-order valence-corrected chi connectivity index (χ2v) is 4.63. The summed E-state index contributed by atoms with van der Waals surface area (Å²) in [4.78, 5) is 23.6. The van der Waals surface area contributed by atoms with Gasteiger partial charge in [-0.1, -0.05) is 18.2 Å². The molecule has 2 rings (SSSR count). The number of carbonyl (C=O) groups excluding carboxylic acids is 2. The van der Waals surface area contributed by atoms with Gasteiger partial charge < -0.3 is 10.1 Å². The van der Waals surface area contributed by atoms with Crippen LogP contribution >= 0.6 is 0 Å². The molecule has 2 aromatic rings. The minimum atomic E-state index is -1.70. The van der Waals surface area contributed by atoms with Crippen molar-refractivity contribution in [3.8, 4) is 0 Å². The molecular weight excluding hydrogens is 311 g/mol. The lowest BCUT2D eigenvalue weighted by Crippen LogP contribution is -2.30. The Kier molecular flexibility index (Phi) is 5.00. The summed E-state index contributed by atoms with van der Waals surface area (Å²) in [5.41, 5.74) is -0.303. The Labute approximate surface area is 129 Å². The van der Waals surface area contributed by atoms with Gasteiger partial charge in [0.15, 0.2) is 23.6 Å². The first kappa shape index (κ1) is 16.5. The first-order valence-electron chi connectivity index (χ1n) is 6.60. The van der Waals surface area contributed by atoms with Crippen molar-refractivity contribution in [2.45, 2.75) is 13.0 Å². The lowest BCUT2D eigenvalue weighted by Gasteiger charge is -2.14. The highest BCUT2D eigenvalue weighted by Gasteiger charge is 2.21. The number of ether oxygens (including phenoxy) is 1. The van der Waals surface area contributed by atoms with E-state index in [1.165, 1.54) is 19.1 Å². The second kappa shape index (κ2) is 6.95. The Morgan fingerprint density at radius 1 is 1.00 bits per heavy atom. The molecule has 0 spiro atoms. The van der Waals surface area contributed by atoms with Gasteiger partial charge in [0.05, 0.1) is 11.3 Å². The van der Waals surface area contributed by atoms with Crippen molar-refractivity contribution in [3.05, 3.63) is 65.5 Å². The number of nitrogens with one attached hydrogen (secondary N) is 1. The van der Waals surface area contributed by atoms with Crippen molar-refractivity contribution < 1.29 is 27.5 Å². The molecule has 0 fully saturated rings. The molecule has 0 aliphatic heterocycles. The summed E-state index contributed by atoms with van der Waals surface area (Å²) in [5.74, 6) is -6.21. The Morgan fingerprint density at radius 3 is 2.30 bits per heavy atom. The van der Waals surface area contributed by atoms with E-state index in [-0.39, 0.29) is 5.56 Å². The van der Waals surface area contributed by atoms with E-state index in [4.69, 9.17) is 4.74 Å². The summed E-state index contributed by atoms with van der Waals surface area (Å²) in [7, 11) is 0. The van der Waals surface area contributed by atoms with Crippen LogP contribution in [0.5, 0.6) is 0 Å². The standard InChI is InChI=1S/C16H12F3NO3/c1-9(23-16(22)10-5-3-2-4-6-10)15(21)20-12-8-7-11(17)13(18)14(12)19/h2-9H,1H3,(H,20,21)/t9-/m0/s1. The Bertz CT molecular complexity index is 735. The monoisotopic (exact) mass is 323 g/mol. The number of anilines is 1. The summed E-state index contributed by atoms with van der Waals surface area (Å²) in [5, 5.41) is 2.04. The molecule has 0 bridgehead atoms. The van der Waals surface area contributed by atoms with E-state index in [1.54, 1.807) is 18.2 Å². The molecule has 0 aliphatic carbocycles. The number of hydrogen-bond donors (Lipinski definition) is 1. The maximum absolute atomic E-state index is 13.5. The molecule has 4 nitrogen and oxygen atoms in total. The van der Waals surface area contributed by atoms with Gasteiger partial charge in [0.1, 0.15) is 0 Å². The van der Waals surface area contributed by atoms with Crippen LogP contribution in [0.3, 0.4) is 0 Å². The normalized spacial score (nSPS) is 11.7. The van der Waals surface area contributed by atoms with Crippen LogP contribution in [0, 0.1) is 17.5 Å². The minimum Gasteiger partial charge on any atom is -0.449 e. The molecule has 0 aromatic heterocycles. The van der Waals surface area contributed by atoms with Crippen molar-refractivity contribution in [1.29, 1.82) is 0 Å². The second-order valence-electron chi connectivity index (χ2n) is 4.63. The predicted octanol–water partition coefficient (Wildman–Crippen LogP) is 3.29. The highest BCUT2D eigenvalue weighted by Crippen LogP contribution is 2.20. The van der Waals surface area contributed by atoms with E-state index in [0.717, 1.165) is 6.07 Å². The van der Waals surface area contributed by atoms with Crippen LogP contribution in [0.15, 0.2) is 42.5 Å². The Morgan fingerprint density at radius 2 is 1.65 bits per heavy atom. The van der Waals surface area contributed by atoms with E-state index in [1.807, 2.05) is 5.32 Å². The number of hydrogen-bond acceptors (Lipinski definition) is 3. The summed E-state index contributed by atoms with van der Waals surface area (Å²) in [6.07, 6.45) is -1.25. The van der Waals surface area contributed by atoms with Gasteiger partial charge in [-0.3, -0.25) is 4.79 Å². The number of carbonyl (C=O) groups is 2. The third-order valence-electron chi connectivity index (χ3n) is 2.96. The molecule has 0 unspecified atom stereocenters. The Hall–Kier alpha value is -2.83. The van der Waals surface area contributed by atoms with Crippen molar-refractivity contribution >= 4 is 17.6 Å². The van der Waals surface area contributed by atoms with Gasteiger partial charge in [0, 0.05) is 0 Å². The lowest BCUT2D eigenvalue weighted by atomic mass is 10.2. The number of benzene rings is 2. The lowest BCUT2D eigenvalue weighted by molar-refractivity contribution is -0.123. The van der Waals surface area contributed by atoms with Crippen LogP contribution in [-0.4, -0.2) is 18.0 Å². The number of amides is 1. The Balaban J connectivity index is 2.03. The van der Waals surface area contributed by atoms with Crippen molar-refractivity contribution in [3.63, 3.8) is 0 Å². The molecule has 2 aromatic carbocycles. The SMILES string of the molecule is C[C@H](OC(=O)c1ccccc1)C(=O)Nc1ccc(F)c(F)c1F. The molecule has 1 amide bonds. The molecule has 0 aliphatic rings. The number of halogens is 3. The molecule has 1 atom stereocenters. The summed E-state index contributed by atoms with van der Waals surface area (Å²) in [6.45, 7) is 1.27. The van der Waals surface area contributed by atoms with Crippen LogP contribution in [-0.2, 0) is 9.53 Å². The highest BCUT2D eigenvalue weighted by atomic mass is 19.2. The third-order valence-corrected chi connectivity index (χ3v) is 2.96. The van der Waals surface area contributed by atoms with Crippen molar-refractivity contribution in [2.75, 3.05) is 5.32 Å². The summed E-state index contributed by atoms with van der Waals surface area (Å²) in [6, 6.07) is 9.50. The predicted molar refractivity (Wildman–Crippen MR) is 76.3 cm³/mol. The summed E-state index contributed by atoms with van der Waals surface area (Å²) >= 11 is 0. The fourth-order valence-electron chi connectivity index (χ4n) is 1.71. The molecule has 1 N–H and O–H groups in total. The number of rotatable bonds is 4. The van der Waals surface area contributed by atoms with E-state index >= 15 is 0 Å². The fourth-order valence-corrected chi connectivity index (χ4v) is 1.71. The molecular formula is C16H12F3NO3. The van der Waals surface area contributed by atoms with Gasteiger partial charge in [0.25, 0.3) is 5.91 Å². The van der Waals surface area contributed by atoms with Gasteiger partial charge >= 0.3 is 5.97 Å². The topological polar surface area (TPSA) is 55.4 Å². The maximum atomic E-state index is 13.5. The van der Waals surface area contributed by atoms with E-state index in [9.17, 15) is 22.8 Å². The largest absolute Gasteiger partial charge is 0.449 e. The zero-order valence-corrected chi connectivity index (χ0v) is 12.0. The van der Waals surface area contributed by atoms with Gasteiger partial charge in [-0.2, -0.15) is 0 Å². The minimum absolute atomic E-state index is 0.242. The summed E-state index contributed by atoms with van der Waals surface area (Å²) < 4.78 is 44.3. The van der Waals surface area contributed by atoms with Crippen LogP contribution < -0.4 is 5.32 Å². The van der Waals surface area contributed by atoms with Gasteiger partial charge in [-0.25, -0.2) is 18.0 Å². The molecule has 23 heavy (non-hydrogen) atoms. The molecule has 0 saturated carbocycles. The third kappa shape index (κ3) is 3.88. The first-order chi connectivity index (χ1) is 10.9. The van der Waals surface area contributed by atoms with E-state index < -0.39 is 41.1 Å². The maximum Gasteiger partial charge on any atom is 0.338 e. The van der Waals surface area contributed by atoms with E-state index in [2.05, 4.69) is 0 Å². The molecule has 0 heterocycles. The van der Waals surface area contributed by atoms with Crippen LogP contribution in [0.2, 0.25) is 0 Å². The zero-order valence-electron chi connectivity index (χ0n) is 12.0. The van der Waals surface area contributed by atoms with Crippen molar-refractivity contribution in [2.24, 2.45) is 0 Å². The molecule has 7 heteroatoms. The first-order valence-corrected chi connectivity index (χ1v) is 6.60. The van der Waals surface area contributed by atoms with Gasteiger partial charge in [0.2, 0.25) is 0 Å². The molecule has 120 valence electrons. The quantitative estimate of drug-likeness (QED) is 0.694. The van der Waals surface area contributed by atoms with Crippen molar-refractivity contribution in [1.82, 2.24) is 0 Å². The average Bonchev–Trinajstić information content (AvgIpc) is 2.56. The van der Waals surface area contributed by atoms with Crippen LogP contribution in [0.1, 0.15) is 17.3 Å². The van der Waals surface area contributed by atoms with Gasteiger partial charge in [-0.05, 0) is 31.2 Å². The highest BCUT2D eigenvalue weighted by molar-refractivity contribution is 5.97. The average molecular weight is 323 g/mol. The molecule has 0 saturated heterocycles. The van der Waals surface area contributed by atoms with Crippen LogP contribution in [0.25, 0.3) is 0 Å². The van der Waals surface area contributed by atoms with E-state index in [0.29, 0.717) is 6.07 Å². The van der Waals surface area contributed by atoms with Gasteiger partial charge in [-0.15, -0.1) is 0 Å². The smallest absolute Gasteiger partial charge is 0.338 e. The number of esters is 1. The van der Waals surface area contributed by atoms with Crippen LogP contribution in [0.4, 0.5) is 18.9 Å². The fraction of sp³-hybridized carbons (Fsp3) is 0.125.